The van der Waals surface area contributed by atoms with Crippen molar-refractivity contribution in [1.82, 2.24) is 5.32 Å². The normalized spacial score (nSPS) is 16.2. The number of carboxylic acids is 1. The molecular formula is C17H23NO5S. The topological polar surface area (TPSA) is 84.9 Å². The van der Waals surface area contributed by atoms with Gasteiger partial charge in [0.25, 0.3) is 5.91 Å². The van der Waals surface area contributed by atoms with Crippen LogP contribution in [-0.2, 0) is 9.59 Å². The van der Waals surface area contributed by atoms with Gasteiger partial charge < -0.3 is 19.9 Å². The van der Waals surface area contributed by atoms with Crippen LogP contribution in [0, 0.1) is 0 Å². The van der Waals surface area contributed by atoms with Crippen LogP contribution in [0.2, 0.25) is 0 Å². The molecule has 1 amide bonds. The zero-order valence-electron chi connectivity index (χ0n) is 13.7. The first-order chi connectivity index (χ1) is 11.6. The van der Waals surface area contributed by atoms with E-state index in [4.69, 9.17) is 9.47 Å². The highest BCUT2D eigenvalue weighted by Crippen LogP contribution is 2.27. The number of benzene rings is 1. The highest BCUT2D eigenvalue weighted by molar-refractivity contribution is 7.99. The molecule has 6 nitrogen and oxygen atoms in total. The molecule has 0 atom stereocenters. The van der Waals surface area contributed by atoms with Gasteiger partial charge in [-0.25, -0.2) is 4.79 Å². The summed E-state index contributed by atoms with van der Waals surface area (Å²) in [4.78, 5) is 23.6. The second-order valence-electron chi connectivity index (χ2n) is 5.66. The second-order valence-corrected chi connectivity index (χ2v) is 6.88. The van der Waals surface area contributed by atoms with Crippen LogP contribution < -0.4 is 14.8 Å². The Bertz CT molecular complexity index is 555. The third kappa shape index (κ3) is 5.06. The van der Waals surface area contributed by atoms with Crippen LogP contribution in [0.25, 0.3) is 0 Å². The molecule has 2 N–H and O–H groups in total. The number of carbonyl (C=O) groups is 2. The van der Waals surface area contributed by atoms with Gasteiger partial charge in [-0.05, 0) is 55.0 Å². The summed E-state index contributed by atoms with van der Waals surface area (Å²) in [6.45, 7) is 2.47. The maximum absolute atomic E-state index is 12.1. The molecular weight excluding hydrogens is 330 g/mol. The minimum absolute atomic E-state index is 0.211. The molecule has 1 saturated heterocycles. The lowest BCUT2D eigenvalue weighted by Gasteiger charge is -2.33. The number of nitrogens with one attached hydrogen (secondary N) is 1. The first-order valence-electron chi connectivity index (χ1n) is 8.03. The van der Waals surface area contributed by atoms with Crippen LogP contribution in [0.4, 0.5) is 0 Å². The smallest absolute Gasteiger partial charge is 0.329 e. The Kier molecular flexibility index (Phi) is 6.78. The van der Waals surface area contributed by atoms with Crippen molar-refractivity contribution in [2.75, 3.05) is 24.7 Å². The van der Waals surface area contributed by atoms with Gasteiger partial charge in [-0.2, -0.15) is 11.8 Å². The minimum atomic E-state index is -1.16. The van der Waals surface area contributed by atoms with Crippen LogP contribution in [0.3, 0.4) is 0 Å². The first kappa shape index (κ1) is 18.4. The average molecular weight is 353 g/mol. The van der Waals surface area contributed by atoms with Gasteiger partial charge in [-0.1, -0.05) is 6.92 Å². The van der Waals surface area contributed by atoms with Crippen molar-refractivity contribution in [3.63, 3.8) is 0 Å². The van der Waals surface area contributed by atoms with Gasteiger partial charge in [-0.3, -0.25) is 4.79 Å². The van der Waals surface area contributed by atoms with E-state index >= 15 is 0 Å². The van der Waals surface area contributed by atoms with Crippen molar-refractivity contribution in [1.29, 1.82) is 0 Å². The van der Waals surface area contributed by atoms with Gasteiger partial charge >= 0.3 is 5.97 Å². The van der Waals surface area contributed by atoms with E-state index < -0.39 is 17.4 Å². The fourth-order valence-corrected chi connectivity index (χ4v) is 3.61. The molecule has 0 spiro atoms. The number of hydrogen-bond acceptors (Lipinski definition) is 5. The van der Waals surface area contributed by atoms with Gasteiger partial charge in [0.2, 0.25) is 0 Å². The largest absolute Gasteiger partial charge is 0.494 e. The molecule has 0 aliphatic carbocycles. The lowest BCUT2D eigenvalue weighted by Crippen LogP contribution is -2.57. The summed E-state index contributed by atoms with van der Waals surface area (Å²) in [6, 6.07) is 7.00. The Morgan fingerprint density at radius 1 is 1.17 bits per heavy atom. The van der Waals surface area contributed by atoms with E-state index in [1.807, 2.05) is 6.92 Å². The highest BCUT2D eigenvalue weighted by atomic mass is 32.2. The van der Waals surface area contributed by atoms with Gasteiger partial charge in [-0.15, -0.1) is 0 Å². The van der Waals surface area contributed by atoms with Gasteiger partial charge in [0.1, 0.15) is 17.0 Å². The van der Waals surface area contributed by atoms with Gasteiger partial charge in [0, 0.05) is 0 Å². The summed E-state index contributed by atoms with van der Waals surface area (Å²) in [5.41, 5.74) is -1.16. The van der Waals surface area contributed by atoms with E-state index in [9.17, 15) is 14.7 Å². The van der Waals surface area contributed by atoms with E-state index in [1.165, 1.54) is 0 Å². The number of carboxylic acid groups (broad SMARTS) is 1. The number of hydrogen-bond donors (Lipinski definition) is 2. The van der Waals surface area contributed by atoms with E-state index in [0.29, 0.717) is 25.2 Å². The Balaban J connectivity index is 1.84. The van der Waals surface area contributed by atoms with E-state index in [1.54, 1.807) is 36.0 Å². The van der Waals surface area contributed by atoms with Crippen LogP contribution in [-0.4, -0.2) is 47.2 Å². The summed E-state index contributed by atoms with van der Waals surface area (Å²) in [6.07, 6.45) is 1.80. The maximum atomic E-state index is 12.1. The molecule has 0 saturated carbocycles. The predicted molar refractivity (Wildman–Crippen MR) is 92.8 cm³/mol. The molecule has 0 aromatic heterocycles. The number of amides is 1. The fourth-order valence-electron chi connectivity index (χ4n) is 2.42. The summed E-state index contributed by atoms with van der Waals surface area (Å²) < 4.78 is 10.9. The Morgan fingerprint density at radius 2 is 1.75 bits per heavy atom. The van der Waals surface area contributed by atoms with Crippen molar-refractivity contribution >= 4 is 23.6 Å². The van der Waals surface area contributed by atoms with Crippen LogP contribution in [0.15, 0.2) is 24.3 Å². The fraction of sp³-hybridized carbons (Fsp3) is 0.529. The standard InChI is InChI=1S/C17H23NO5S/c1-2-9-22-13-3-5-14(6-4-13)23-12-15(19)18-17(16(20)21)7-10-24-11-8-17/h3-6H,2,7-12H2,1H3,(H,18,19)(H,20,21). The van der Waals surface area contributed by atoms with Crippen LogP contribution >= 0.6 is 11.8 Å². The zero-order valence-corrected chi connectivity index (χ0v) is 14.6. The molecule has 0 unspecified atom stereocenters. The van der Waals surface area contributed by atoms with E-state index in [0.717, 1.165) is 23.7 Å². The number of rotatable bonds is 8. The van der Waals surface area contributed by atoms with Crippen molar-refractivity contribution < 1.29 is 24.2 Å². The maximum Gasteiger partial charge on any atom is 0.329 e. The molecule has 1 heterocycles. The van der Waals surface area contributed by atoms with Crippen molar-refractivity contribution in [3.05, 3.63) is 24.3 Å². The summed E-state index contributed by atoms with van der Waals surface area (Å²) >= 11 is 1.70. The molecule has 7 heteroatoms. The van der Waals surface area contributed by atoms with E-state index in [2.05, 4.69) is 5.32 Å². The quantitative estimate of drug-likeness (QED) is 0.746. The Morgan fingerprint density at radius 3 is 2.29 bits per heavy atom. The molecule has 1 fully saturated rings. The minimum Gasteiger partial charge on any atom is -0.494 e. The molecule has 1 aliphatic rings. The lowest BCUT2D eigenvalue weighted by molar-refractivity contribution is -0.148. The lowest BCUT2D eigenvalue weighted by atomic mass is 9.92. The predicted octanol–water partition coefficient (Wildman–Crippen LogP) is 2.32. The highest BCUT2D eigenvalue weighted by Gasteiger charge is 2.41. The summed E-state index contributed by atoms with van der Waals surface area (Å²) in [7, 11) is 0. The third-order valence-corrected chi connectivity index (χ3v) is 4.79. The van der Waals surface area contributed by atoms with E-state index in [-0.39, 0.29) is 6.61 Å². The zero-order chi connectivity index (χ0) is 17.4. The van der Waals surface area contributed by atoms with Crippen LogP contribution in [0.5, 0.6) is 11.5 Å². The Hall–Kier alpha value is -1.89. The first-order valence-corrected chi connectivity index (χ1v) is 9.19. The molecule has 132 valence electrons. The van der Waals surface area contributed by atoms with Crippen molar-refractivity contribution in [2.24, 2.45) is 0 Å². The summed E-state index contributed by atoms with van der Waals surface area (Å²) in [5, 5.41) is 12.1. The van der Waals surface area contributed by atoms with Crippen LogP contribution in [0.1, 0.15) is 26.2 Å². The molecule has 2 rings (SSSR count). The second kappa shape index (κ2) is 8.82. The molecule has 0 radical (unpaired) electrons. The number of aliphatic carboxylic acids is 1. The average Bonchev–Trinajstić information content (AvgIpc) is 2.59. The SMILES string of the molecule is CCCOc1ccc(OCC(=O)NC2(C(=O)O)CCSCC2)cc1. The van der Waals surface area contributed by atoms with Crippen molar-refractivity contribution in [2.45, 2.75) is 31.7 Å². The third-order valence-electron chi connectivity index (χ3n) is 3.80. The van der Waals surface area contributed by atoms with Gasteiger partial charge in [0.15, 0.2) is 6.61 Å². The molecule has 24 heavy (non-hydrogen) atoms. The molecule has 1 aromatic rings. The molecule has 0 bridgehead atoms. The molecule has 1 aromatic carbocycles. The number of carbonyl (C=O) groups excluding carboxylic acids is 1. The van der Waals surface area contributed by atoms with Crippen molar-refractivity contribution in [3.8, 4) is 11.5 Å². The Labute approximate surface area is 145 Å². The monoisotopic (exact) mass is 353 g/mol. The number of ether oxygens (including phenoxy) is 2. The molecule has 1 aliphatic heterocycles. The van der Waals surface area contributed by atoms with Gasteiger partial charge in [0.05, 0.1) is 6.61 Å². The summed E-state index contributed by atoms with van der Waals surface area (Å²) in [5.74, 6) is 1.35. The number of thioether (sulfide) groups is 1.